The second kappa shape index (κ2) is 28.4. The maximum Gasteiger partial charge on any atom is 0.305 e. The van der Waals surface area contributed by atoms with Gasteiger partial charge in [0.1, 0.15) is 0 Å². The largest absolute Gasteiger partial charge is 0.466 e. The number of allylic oxidation sites excluding steroid dienone is 2. The predicted octanol–water partition coefficient (Wildman–Crippen LogP) is 11.1. The minimum Gasteiger partial charge on any atom is -0.466 e. The summed E-state index contributed by atoms with van der Waals surface area (Å²) in [6, 6.07) is 0. The van der Waals surface area contributed by atoms with Crippen molar-refractivity contribution in [1.29, 1.82) is 0 Å². The van der Waals surface area contributed by atoms with E-state index < -0.39 is 0 Å². The molecule has 2 nitrogen and oxygen atoms in total. The molecule has 0 aromatic carbocycles. The van der Waals surface area contributed by atoms with E-state index in [9.17, 15) is 4.79 Å². The normalized spacial score (nSPS) is 11.6. The predicted molar refractivity (Wildman–Crippen MR) is 151 cm³/mol. The minimum absolute atomic E-state index is 0.0152. The third-order valence-electron chi connectivity index (χ3n) is 6.83. The standard InChI is InChI=1S/C32H62O2/c1-4-5-6-7-8-9-10-11-12-13-14-15-18-21-24-27-30-34-32(33)29-26-23-20-17-16-19-22-25-28-31(2)3/h11-12,31H,4-10,13-30H2,1-3H3. The van der Waals surface area contributed by atoms with Crippen molar-refractivity contribution in [3.05, 3.63) is 12.2 Å². The summed E-state index contributed by atoms with van der Waals surface area (Å²) in [4.78, 5) is 11.8. The van der Waals surface area contributed by atoms with Crippen LogP contribution in [0.2, 0.25) is 0 Å². The Morgan fingerprint density at radius 1 is 0.588 bits per heavy atom. The van der Waals surface area contributed by atoms with Gasteiger partial charge in [-0.2, -0.15) is 0 Å². The van der Waals surface area contributed by atoms with Gasteiger partial charge in [-0.1, -0.05) is 142 Å². The molecule has 0 bridgehead atoms. The maximum absolute atomic E-state index is 11.8. The van der Waals surface area contributed by atoms with Crippen LogP contribution in [0.5, 0.6) is 0 Å². The molecule has 0 aliphatic carbocycles. The Bertz CT molecular complexity index is 427. The number of hydrogen-bond donors (Lipinski definition) is 0. The van der Waals surface area contributed by atoms with Crippen LogP contribution < -0.4 is 0 Å². The van der Waals surface area contributed by atoms with Crippen LogP contribution in [0.1, 0.15) is 175 Å². The number of unbranched alkanes of at least 4 members (excludes halogenated alkanes) is 19. The summed E-state index contributed by atoms with van der Waals surface area (Å²) >= 11 is 0. The van der Waals surface area contributed by atoms with Crippen LogP contribution in [-0.2, 0) is 9.53 Å². The molecular weight excluding hydrogens is 416 g/mol. The van der Waals surface area contributed by atoms with E-state index in [0.29, 0.717) is 13.0 Å². The first-order valence-electron chi connectivity index (χ1n) is 15.5. The highest BCUT2D eigenvalue weighted by Gasteiger charge is 2.02. The Morgan fingerprint density at radius 3 is 1.56 bits per heavy atom. The fourth-order valence-corrected chi connectivity index (χ4v) is 4.49. The Labute approximate surface area is 215 Å². The van der Waals surface area contributed by atoms with Gasteiger partial charge in [-0.25, -0.2) is 0 Å². The summed E-state index contributed by atoms with van der Waals surface area (Å²) in [6.07, 6.45) is 35.4. The lowest BCUT2D eigenvalue weighted by molar-refractivity contribution is -0.143. The molecule has 0 spiro atoms. The number of carbonyl (C=O) groups excluding carboxylic acids is 1. The number of carbonyl (C=O) groups is 1. The molecule has 0 aromatic heterocycles. The highest BCUT2D eigenvalue weighted by atomic mass is 16.5. The van der Waals surface area contributed by atoms with E-state index in [0.717, 1.165) is 18.8 Å². The molecule has 0 fully saturated rings. The van der Waals surface area contributed by atoms with Crippen molar-refractivity contribution in [2.24, 2.45) is 5.92 Å². The van der Waals surface area contributed by atoms with E-state index in [4.69, 9.17) is 4.74 Å². The average molecular weight is 479 g/mol. The Morgan fingerprint density at radius 2 is 1.03 bits per heavy atom. The Kier molecular flexibility index (Phi) is 27.8. The molecule has 0 amide bonds. The molecule has 0 aliphatic heterocycles. The van der Waals surface area contributed by atoms with Crippen LogP contribution in [0, 0.1) is 5.92 Å². The highest BCUT2D eigenvalue weighted by Crippen LogP contribution is 2.14. The van der Waals surface area contributed by atoms with Crippen molar-refractivity contribution in [1.82, 2.24) is 0 Å². The fraction of sp³-hybridized carbons (Fsp3) is 0.906. The van der Waals surface area contributed by atoms with E-state index in [1.54, 1.807) is 0 Å². The summed E-state index contributed by atoms with van der Waals surface area (Å²) in [5.41, 5.74) is 0. The lowest BCUT2D eigenvalue weighted by atomic mass is 10.0. The molecule has 0 aliphatic rings. The first kappa shape index (κ1) is 33.2. The summed E-state index contributed by atoms with van der Waals surface area (Å²) in [5, 5.41) is 0. The number of rotatable bonds is 27. The average Bonchev–Trinajstić information content (AvgIpc) is 2.82. The number of hydrogen-bond acceptors (Lipinski definition) is 2. The van der Waals surface area contributed by atoms with Gasteiger partial charge in [0.2, 0.25) is 0 Å². The molecule has 0 rings (SSSR count). The molecule has 0 saturated carbocycles. The quantitative estimate of drug-likeness (QED) is 0.0666. The first-order valence-corrected chi connectivity index (χ1v) is 15.5. The molecule has 0 radical (unpaired) electrons. The summed E-state index contributed by atoms with van der Waals surface area (Å²) in [5.74, 6) is 0.864. The van der Waals surface area contributed by atoms with Gasteiger partial charge < -0.3 is 4.74 Å². The number of ether oxygens (including phenoxy) is 1. The lowest BCUT2D eigenvalue weighted by Crippen LogP contribution is -2.05. The van der Waals surface area contributed by atoms with Gasteiger partial charge in [0.05, 0.1) is 6.61 Å². The minimum atomic E-state index is 0.0152. The lowest BCUT2D eigenvalue weighted by Gasteiger charge is -2.06. The van der Waals surface area contributed by atoms with Gasteiger partial charge in [-0.15, -0.1) is 0 Å². The number of esters is 1. The van der Waals surface area contributed by atoms with Crippen LogP contribution in [0.4, 0.5) is 0 Å². The van der Waals surface area contributed by atoms with Crippen LogP contribution in [-0.4, -0.2) is 12.6 Å². The van der Waals surface area contributed by atoms with Gasteiger partial charge >= 0.3 is 5.97 Å². The molecule has 0 atom stereocenters. The summed E-state index contributed by atoms with van der Waals surface area (Å²) in [7, 11) is 0. The molecule has 0 unspecified atom stereocenters. The monoisotopic (exact) mass is 478 g/mol. The topological polar surface area (TPSA) is 26.3 Å². The van der Waals surface area contributed by atoms with Crippen LogP contribution >= 0.6 is 0 Å². The summed E-state index contributed by atoms with van der Waals surface area (Å²) in [6.45, 7) is 7.52. The van der Waals surface area contributed by atoms with E-state index in [-0.39, 0.29) is 5.97 Å². The van der Waals surface area contributed by atoms with E-state index in [2.05, 4.69) is 32.9 Å². The van der Waals surface area contributed by atoms with Gasteiger partial charge in [-0.3, -0.25) is 4.79 Å². The molecule has 0 aromatic rings. The molecule has 2 heteroatoms. The van der Waals surface area contributed by atoms with Gasteiger partial charge in [0.15, 0.2) is 0 Å². The van der Waals surface area contributed by atoms with Crippen molar-refractivity contribution in [2.75, 3.05) is 6.61 Å². The zero-order chi connectivity index (χ0) is 25.0. The van der Waals surface area contributed by atoms with Crippen molar-refractivity contribution < 1.29 is 9.53 Å². The molecule has 34 heavy (non-hydrogen) atoms. The van der Waals surface area contributed by atoms with Crippen LogP contribution in [0.25, 0.3) is 0 Å². The first-order chi connectivity index (χ1) is 16.7. The molecule has 0 heterocycles. The van der Waals surface area contributed by atoms with Crippen molar-refractivity contribution in [2.45, 2.75) is 175 Å². The third-order valence-corrected chi connectivity index (χ3v) is 6.83. The molecular formula is C32H62O2. The third kappa shape index (κ3) is 29.2. The summed E-state index contributed by atoms with van der Waals surface area (Å²) < 4.78 is 5.40. The van der Waals surface area contributed by atoms with Crippen LogP contribution in [0.15, 0.2) is 12.2 Å². The molecule has 0 N–H and O–H groups in total. The van der Waals surface area contributed by atoms with Crippen molar-refractivity contribution in [3.63, 3.8) is 0 Å². The van der Waals surface area contributed by atoms with E-state index in [1.165, 1.54) is 135 Å². The second-order valence-electron chi connectivity index (χ2n) is 10.9. The van der Waals surface area contributed by atoms with Crippen LogP contribution in [0.3, 0.4) is 0 Å². The Hall–Kier alpha value is -0.790. The molecule has 202 valence electrons. The van der Waals surface area contributed by atoms with Crippen molar-refractivity contribution >= 4 is 5.97 Å². The second-order valence-corrected chi connectivity index (χ2v) is 10.9. The van der Waals surface area contributed by atoms with Crippen molar-refractivity contribution in [3.8, 4) is 0 Å². The van der Waals surface area contributed by atoms with E-state index >= 15 is 0 Å². The van der Waals surface area contributed by atoms with Gasteiger partial charge in [0, 0.05) is 6.42 Å². The highest BCUT2D eigenvalue weighted by molar-refractivity contribution is 5.69. The van der Waals surface area contributed by atoms with Gasteiger partial charge in [-0.05, 0) is 44.4 Å². The Balaban J connectivity index is 3.20. The molecule has 0 saturated heterocycles. The SMILES string of the molecule is CCCCCCCCC=CCCCCCCCCOC(=O)CCCCCCCCCCC(C)C. The maximum atomic E-state index is 11.8. The zero-order valence-electron chi connectivity index (χ0n) is 23.7. The smallest absolute Gasteiger partial charge is 0.305 e. The van der Waals surface area contributed by atoms with E-state index in [1.807, 2.05) is 0 Å². The fourth-order valence-electron chi connectivity index (χ4n) is 4.49. The van der Waals surface area contributed by atoms with Gasteiger partial charge in [0.25, 0.3) is 0 Å². The zero-order valence-corrected chi connectivity index (χ0v) is 23.7.